The average Bonchev–Trinajstić information content (AvgIpc) is 2.70. The van der Waals surface area contributed by atoms with Gasteiger partial charge in [0.25, 0.3) is 0 Å². The molecule has 1 aromatic carbocycles. The predicted molar refractivity (Wildman–Crippen MR) is 55.3 cm³/mol. The van der Waals surface area contributed by atoms with Gasteiger partial charge in [-0.3, -0.25) is 4.52 Å². The molecular formula is C10H12N3O3+. The van der Waals surface area contributed by atoms with E-state index in [0.29, 0.717) is 5.69 Å². The highest BCUT2D eigenvalue weighted by Crippen LogP contribution is 2.10. The number of nitrogens with one attached hydrogen (secondary N) is 1. The van der Waals surface area contributed by atoms with E-state index in [1.54, 1.807) is 31.4 Å². The summed E-state index contributed by atoms with van der Waals surface area (Å²) in [4.78, 5) is 11.2. The summed E-state index contributed by atoms with van der Waals surface area (Å²) in [6.07, 6.45) is 0. The van der Waals surface area contributed by atoms with Gasteiger partial charge in [-0.25, -0.2) is 4.79 Å². The number of aromatic amines is 1. The number of ether oxygens (including phenoxy) is 1. The van der Waals surface area contributed by atoms with E-state index >= 15 is 0 Å². The van der Waals surface area contributed by atoms with Crippen LogP contribution in [-0.2, 0) is 6.54 Å². The lowest BCUT2D eigenvalue weighted by molar-refractivity contribution is -0.677. The van der Waals surface area contributed by atoms with E-state index in [-0.39, 0.29) is 6.54 Å². The van der Waals surface area contributed by atoms with E-state index in [9.17, 15) is 4.79 Å². The van der Waals surface area contributed by atoms with Crippen LogP contribution >= 0.6 is 0 Å². The number of methoxy groups -OCH3 is 1. The summed E-state index contributed by atoms with van der Waals surface area (Å²) in [5, 5.41) is 2.49. The van der Waals surface area contributed by atoms with Crippen LogP contribution in [0.5, 0.6) is 5.75 Å². The first-order valence-electron chi connectivity index (χ1n) is 4.73. The molecule has 84 valence electrons. The van der Waals surface area contributed by atoms with Crippen molar-refractivity contribution in [2.24, 2.45) is 5.73 Å². The number of aromatic nitrogens is 2. The SMILES string of the molecule is COc1ccc(-[n+]2[nH]oc(=O)c2CN)cc1. The molecule has 0 saturated carbocycles. The molecule has 0 unspecified atom stereocenters. The van der Waals surface area contributed by atoms with Crippen LogP contribution in [0.4, 0.5) is 0 Å². The Morgan fingerprint density at radius 2 is 2.12 bits per heavy atom. The zero-order valence-electron chi connectivity index (χ0n) is 8.77. The van der Waals surface area contributed by atoms with E-state index in [1.165, 1.54) is 4.68 Å². The lowest BCUT2D eigenvalue weighted by Gasteiger charge is -1.97. The molecule has 0 fully saturated rings. The van der Waals surface area contributed by atoms with Crippen LogP contribution in [0.15, 0.2) is 33.6 Å². The molecule has 3 N–H and O–H groups in total. The van der Waals surface area contributed by atoms with Gasteiger partial charge < -0.3 is 10.5 Å². The molecule has 2 aromatic rings. The second-order valence-corrected chi connectivity index (χ2v) is 3.17. The van der Waals surface area contributed by atoms with Crippen molar-refractivity contribution in [2.75, 3.05) is 7.11 Å². The molecule has 6 nitrogen and oxygen atoms in total. The monoisotopic (exact) mass is 222 g/mol. The Labute approximate surface area is 91.2 Å². The molecule has 0 amide bonds. The minimum Gasteiger partial charge on any atom is -0.497 e. The van der Waals surface area contributed by atoms with Crippen molar-refractivity contribution in [3.05, 3.63) is 40.4 Å². The summed E-state index contributed by atoms with van der Waals surface area (Å²) >= 11 is 0. The summed E-state index contributed by atoms with van der Waals surface area (Å²) in [6, 6.07) is 7.16. The van der Waals surface area contributed by atoms with E-state index in [2.05, 4.69) is 9.79 Å². The van der Waals surface area contributed by atoms with Gasteiger partial charge >= 0.3 is 11.3 Å². The summed E-state index contributed by atoms with van der Waals surface area (Å²) < 4.78 is 11.2. The van der Waals surface area contributed by atoms with E-state index < -0.39 is 5.63 Å². The molecule has 0 aliphatic rings. The van der Waals surface area contributed by atoms with Gasteiger partial charge in [0.15, 0.2) is 0 Å². The lowest BCUT2D eigenvalue weighted by Crippen LogP contribution is -2.39. The minimum absolute atomic E-state index is 0.109. The first-order valence-corrected chi connectivity index (χ1v) is 4.73. The third-order valence-corrected chi connectivity index (χ3v) is 2.26. The molecule has 6 heteroatoms. The number of nitrogens with zero attached hydrogens (tertiary/aromatic N) is 1. The van der Waals surface area contributed by atoms with Gasteiger partial charge in [0.2, 0.25) is 5.69 Å². The second-order valence-electron chi connectivity index (χ2n) is 3.17. The van der Waals surface area contributed by atoms with Gasteiger partial charge in [-0.1, -0.05) is 0 Å². The van der Waals surface area contributed by atoms with Gasteiger partial charge in [-0.2, -0.15) is 0 Å². The van der Waals surface area contributed by atoms with E-state index in [1.807, 2.05) is 0 Å². The highest BCUT2D eigenvalue weighted by atomic mass is 16.5. The summed E-state index contributed by atoms with van der Waals surface area (Å²) in [5.74, 6) is 0.740. The fraction of sp³-hybridized carbons (Fsp3) is 0.200. The minimum atomic E-state index is -0.460. The third kappa shape index (κ3) is 1.70. The molecule has 0 saturated heterocycles. The van der Waals surface area contributed by atoms with Crippen LogP contribution < -0.4 is 20.8 Å². The highest BCUT2D eigenvalue weighted by Gasteiger charge is 2.21. The zero-order valence-corrected chi connectivity index (χ0v) is 8.77. The number of hydrogen-bond donors (Lipinski definition) is 2. The molecular weight excluding hydrogens is 210 g/mol. The Hall–Kier alpha value is -2.08. The van der Waals surface area contributed by atoms with Crippen molar-refractivity contribution in [2.45, 2.75) is 6.54 Å². The topological polar surface area (TPSA) is 85.1 Å². The largest absolute Gasteiger partial charge is 0.497 e. The third-order valence-electron chi connectivity index (χ3n) is 2.26. The molecule has 16 heavy (non-hydrogen) atoms. The Balaban J connectivity index is 2.46. The van der Waals surface area contributed by atoms with Crippen LogP contribution in [0.2, 0.25) is 0 Å². The number of benzene rings is 1. The Morgan fingerprint density at radius 1 is 1.44 bits per heavy atom. The molecule has 1 aromatic heterocycles. The number of hydrogen-bond acceptors (Lipinski definition) is 4. The fourth-order valence-corrected chi connectivity index (χ4v) is 1.41. The quantitative estimate of drug-likeness (QED) is 0.699. The summed E-state index contributed by atoms with van der Waals surface area (Å²) in [6.45, 7) is 0.109. The molecule has 0 atom stereocenters. The predicted octanol–water partition coefficient (Wildman–Crippen LogP) is -0.288. The Bertz CT molecular complexity index is 527. The highest BCUT2D eigenvalue weighted by molar-refractivity contribution is 5.31. The van der Waals surface area contributed by atoms with Crippen LogP contribution in [0.3, 0.4) is 0 Å². The van der Waals surface area contributed by atoms with Crippen molar-refractivity contribution < 1.29 is 13.9 Å². The van der Waals surface area contributed by atoms with Gasteiger partial charge in [0.05, 0.1) is 13.7 Å². The normalized spacial score (nSPS) is 10.4. The van der Waals surface area contributed by atoms with Crippen LogP contribution in [0, 0.1) is 0 Å². The van der Waals surface area contributed by atoms with Crippen LogP contribution in [0.1, 0.15) is 5.69 Å². The van der Waals surface area contributed by atoms with Gasteiger partial charge in [0, 0.05) is 12.1 Å². The standard InChI is InChI=1S/C10H11N3O3/c1-15-8-4-2-7(3-5-8)13-9(6-11)10(14)16-12-13/h2-5H,6,11H2,1H3/p+1. The number of nitrogens with two attached hydrogens (primary N) is 1. The number of H-pyrrole nitrogens is 1. The van der Waals surface area contributed by atoms with E-state index in [0.717, 1.165) is 11.4 Å². The van der Waals surface area contributed by atoms with Crippen LogP contribution in [0.25, 0.3) is 5.69 Å². The maximum absolute atomic E-state index is 11.2. The van der Waals surface area contributed by atoms with Crippen LogP contribution in [-0.4, -0.2) is 12.4 Å². The molecule has 0 bridgehead atoms. The lowest BCUT2D eigenvalue weighted by atomic mass is 10.3. The molecule has 2 rings (SSSR count). The van der Waals surface area contributed by atoms with Crippen molar-refractivity contribution in [3.63, 3.8) is 0 Å². The molecule has 0 aliphatic heterocycles. The van der Waals surface area contributed by atoms with Crippen molar-refractivity contribution in [1.29, 1.82) is 0 Å². The molecule has 1 heterocycles. The smallest absolute Gasteiger partial charge is 0.431 e. The zero-order chi connectivity index (χ0) is 11.5. The van der Waals surface area contributed by atoms with Gasteiger partial charge in [-0.15, -0.1) is 0 Å². The molecule has 0 spiro atoms. The Morgan fingerprint density at radius 3 is 2.69 bits per heavy atom. The second kappa shape index (κ2) is 4.19. The molecule has 0 radical (unpaired) electrons. The first-order chi connectivity index (χ1) is 7.76. The van der Waals surface area contributed by atoms with Gasteiger partial charge in [0.1, 0.15) is 5.75 Å². The average molecular weight is 222 g/mol. The van der Waals surface area contributed by atoms with Gasteiger partial charge in [-0.05, 0) is 22.1 Å². The number of rotatable bonds is 3. The summed E-state index contributed by atoms with van der Waals surface area (Å²) in [7, 11) is 1.59. The van der Waals surface area contributed by atoms with Crippen molar-refractivity contribution >= 4 is 0 Å². The first kappa shape index (κ1) is 10.4. The van der Waals surface area contributed by atoms with E-state index in [4.69, 9.17) is 10.5 Å². The fourth-order valence-electron chi connectivity index (χ4n) is 1.41. The Kier molecular flexibility index (Phi) is 2.74. The molecule has 0 aliphatic carbocycles. The summed E-state index contributed by atoms with van der Waals surface area (Å²) in [5.41, 5.74) is 6.13. The maximum atomic E-state index is 11.2. The van der Waals surface area contributed by atoms with Crippen molar-refractivity contribution in [3.8, 4) is 11.4 Å². The maximum Gasteiger partial charge on any atom is 0.431 e. The van der Waals surface area contributed by atoms with Crippen molar-refractivity contribution in [1.82, 2.24) is 5.27 Å².